The molecule has 0 fully saturated rings. The van der Waals surface area contributed by atoms with Gasteiger partial charge in [-0.2, -0.15) is 0 Å². The number of halogens is 2. The Morgan fingerprint density at radius 2 is 1.64 bits per heavy atom. The van der Waals surface area contributed by atoms with Gasteiger partial charge in [-0.05, 0) is 74.9 Å². The Morgan fingerprint density at radius 3 is 2.26 bits per heavy atom. The van der Waals surface area contributed by atoms with E-state index in [9.17, 15) is 18.0 Å². The first kappa shape index (κ1) is 30.5. The van der Waals surface area contributed by atoms with Gasteiger partial charge in [-0.25, -0.2) is 8.42 Å². The van der Waals surface area contributed by atoms with Crippen LogP contribution in [0.25, 0.3) is 0 Å². The summed E-state index contributed by atoms with van der Waals surface area (Å²) < 4.78 is 35.5. The van der Waals surface area contributed by atoms with Crippen molar-refractivity contribution in [3.05, 3.63) is 87.9 Å². The van der Waals surface area contributed by atoms with Crippen molar-refractivity contribution in [1.29, 1.82) is 0 Å². The summed E-state index contributed by atoms with van der Waals surface area (Å²) in [4.78, 5) is 28.1. The molecule has 0 spiro atoms. The predicted octanol–water partition coefficient (Wildman–Crippen LogP) is 5.25. The molecule has 0 aliphatic heterocycles. The molecule has 0 aliphatic rings. The Kier molecular flexibility index (Phi) is 10.8. The van der Waals surface area contributed by atoms with Gasteiger partial charge < -0.3 is 15.0 Å². The Balaban J connectivity index is 2.07. The molecule has 0 saturated heterocycles. The Morgan fingerprint density at radius 1 is 1.00 bits per heavy atom. The van der Waals surface area contributed by atoms with Gasteiger partial charge in [0.2, 0.25) is 11.8 Å². The number of nitrogens with zero attached hydrogens (tertiary/aromatic N) is 2. The van der Waals surface area contributed by atoms with Crippen LogP contribution in [-0.2, 0) is 26.2 Å². The van der Waals surface area contributed by atoms with Crippen molar-refractivity contribution in [2.24, 2.45) is 0 Å². The highest BCUT2D eigenvalue weighted by Gasteiger charge is 2.33. The summed E-state index contributed by atoms with van der Waals surface area (Å²) in [5.74, 6) is -0.591. The van der Waals surface area contributed by atoms with E-state index in [1.165, 1.54) is 29.2 Å². The number of nitrogens with one attached hydrogen (secondary N) is 1. The summed E-state index contributed by atoms with van der Waals surface area (Å²) >= 11 is 9.40. The van der Waals surface area contributed by atoms with Gasteiger partial charge >= 0.3 is 0 Å². The third-order valence-electron chi connectivity index (χ3n) is 5.90. The van der Waals surface area contributed by atoms with Crippen molar-refractivity contribution in [2.75, 3.05) is 24.0 Å². The number of hydrogen-bond donors (Lipinski definition) is 1. The predicted molar refractivity (Wildman–Crippen MR) is 156 cm³/mol. The van der Waals surface area contributed by atoms with Crippen molar-refractivity contribution >= 4 is 55.1 Å². The molecule has 208 valence electrons. The fourth-order valence-electron chi connectivity index (χ4n) is 3.88. The number of ether oxygens (including phenoxy) is 1. The monoisotopic (exact) mass is 635 g/mol. The maximum Gasteiger partial charge on any atom is 0.264 e. The van der Waals surface area contributed by atoms with Crippen LogP contribution in [0.5, 0.6) is 5.75 Å². The van der Waals surface area contributed by atoms with Crippen molar-refractivity contribution in [3.63, 3.8) is 0 Å². The summed E-state index contributed by atoms with van der Waals surface area (Å²) in [6, 6.07) is 18.8. The Hall–Kier alpha value is -3.08. The lowest BCUT2D eigenvalue weighted by molar-refractivity contribution is -0.139. The molecule has 0 unspecified atom stereocenters. The highest BCUT2D eigenvalue weighted by molar-refractivity contribution is 9.10. The Bertz CT molecular complexity index is 1390. The first-order chi connectivity index (χ1) is 18.6. The zero-order valence-corrected chi connectivity index (χ0v) is 25.1. The van der Waals surface area contributed by atoms with E-state index >= 15 is 0 Å². The number of rotatable bonds is 12. The largest absolute Gasteiger partial charge is 0.492 e. The van der Waals surface area contributed by atoms with Gasteiger partial charge in [0.25, 0.3) is 10.0 Å². The highest BCUT2D eigenvalue weighted by atomic mass is 79.9. The van der Waals surface area contributed by atoms with Crippen LogP contribution in [0.15, 0.2) is 82.2 Å². The molecule has 8 nitrogen and oxygen atoms in total. The number of anilines is 1. The van der Waals surface area contributed by atoms with Crippen molar-refractivity contribution < 1.29 is 22.7 Å². The number of benzene rings is 3. The van der Waals surface area contributed by atoms with E-state index in [2.05, 4.69) is 21.2 Å². The SMILES string of the molecule is CCNC(=O)[C@H](C)N(Cc1ccc(Br)cc1)C(=O)CN(c1ccccc1OCC)S(=O)(=O)c1ccc(Cl)cc1. The van der Waals surface area contributed by atoms with Crippen molar-refractivity contribution in [1.82, 2.24) is 10.2 Å². The van der Waals surface area contributed by atoms with Gasteiger partial charge in [0.05, 0.1) is 17.2 Å². The standard InChI is InChI=1S/C28H31BrClN3O5S/c1-4-31-28(35)20(3)32(18-21-10-12-22(29)13-11-21)27(34)19-33(25-8-6-7-9-26(25)38-5-2)39(36,37)24-16-14-23(30)15-17-24/h6-17,20H,4-5,18-19H2,1-3H3,(H,31,35)/t20-/m0/s1. The van der Waals surface area contributed by atoms with Crippen molar-refractivity contribution in [2.45, 2.75) is 38.3 Å². The van der Waals surface area contributed by atoms with Gasteiger partial charge in [-0.1, -0.05) is 51.8 Å². The molecular weight excluding hydrogens is 606 g/mol. The quantitative estimate of drug-likeness (QED) is 0.293. The van der Waals surface area contributed by atoms with E-state index in [-0.39, 0.29) is 23.0 Å². The number of sulfonamides is 1. The van der Waals surface area contributed by atoms with Crippen LogP contribution in [0.2, 0.25) is 5.02 Å². The molecule has 0 aliphatic carbocycles. The molecule has 0 aromatic heterocycles. The zero-order valence-electron chi connectivity index (χ0n) is 21.9. The minimum absolute atomic E-state index is 0.0396. The third kappa shape index (κ3) is 7.74. The highest BCUT2D eigenvalue weighted by Crippen LogP contribution is 2.33. The van der Waals surface area contributed by atoms with Crippen LogP contribution < -0.4 is 14.4 Å². The summed E-state index contributed by atoms with van der Waals surface area (Å²) in [5, 5.41) is 3.12. The lowest BCUT2D eigenvalue weighted by Gasteiger charge is -2.32. The summed E-state index contributed by atoms with van der Waals surface area (Å²) in [6.07, 6.45) is 0. The summed E-state index contributed by atoms with van der Waals surface area (Å²) in [5.41, 5.74) is 0.987. The lowest BCUT2D eigenvalue weighted by atomic mass is 10.1. The number of likely N-dealkylation sites (N-methyl/N-ethyl adjacent to an activating group) is 1. The summed E-state index contributed by atoms with van der Waals surface area (Å²) in [7, 11) is -4.23. The van der Waals surface area contributed by atoms with Crippen molar-refractivity contribution in [3.8, 4) is 5.75 Å². The van der Waals surface area contributed by atoms with Gasteiger partial charge in [0.15, 0.2) is 0 Å². The molecule has 0 bridgehead atoms. The second kappa shape index (κ2) is 13.8. The second-order valence-corrected chi connectivity index (χ2v) is 11.8. The van der Waals surface area contributed by atoms with Crippen LogP contribution in [0.1, 0.15) is 26.3 Å². The summed E-state index contributed by atoms with van der Waals surface area (Å²) in [6.45, 7) is 5.42. The van der Waals surface area contributed by atoms with Crippen LogP contribution in [-0.4, -0.2) is 50.9 Å². The van der Waals surface area contributed by atoms with Gasteiger partial charge in [-0.3, -0.25) is 13.9 Å². The van der Waals surface area contributed by atoms with Gasteiger partial charge in [0, 0.05) is 22.6 Å². The minimum Gasteiger partial charge on any atom is -0.492 e. The number of para-hydroxylation sites is 2. The number of hydrogen-bond acceptors (Lipinski definition) is 5. The molecule has 0 radical (unpaired) electrons. The molecular formula is C28H31BrClN3O5S. The van der Waals surface area contributed by atoms with E-state index in [0.717, 1.165) is 14.3 Å². The van der Waals surface area contributed by atoms with Crippen LogP contribution in [0, 0.1) is 0 Å². The smallest absolute Gasteiger partial charge is 0.264 e. The average Bonchev–Trinajstić information content (AvgIpc) is 2.92. The maximum absolute atomic E-state index is 13.9. The topological polar surface area (TPSA) is 96.0 Å². The van der Waals surface area contributed by atoms with E-state index in [0.29, 0.717) is 23.9 Å². The number of amides is 2. The molecule has 2 amide bonds. The third-order valence-corrected chi connectivity index (χ3v) is 8.45. The number of carbonyl (C=O) groups is 2. The molecule has 0 saturated carbocycles. The number of carbonyl (C=O) groups excluding carboxylic acids is 2. The fourth-order valence-corrected chi connectivity index (χ4v) is 5.69. The van der Waals surface area contributed by atoms with E-state index < -0.39 is 28.5 Å². The molecule has 3 aromatic carbocycles. The fraction of sp³-hybridized carbons (Fsp3) is 0.286. The van der Waals surface area contributed by atoms with Crippen LogP contribution >= 0.6 is 27.5 Å². The van der Waals surface area contributed by atoms with E-state index in [4.69, 9.17) is 16.3 Å². The normalized spacial score (nSPS) is 11.9. The van der Waals surface area contributed by atoms with Crippen LogP contribution in [0.3, 0.4) is 0 Å². The zero-order chi connectivity index (χ0) is 28.6. The molecule has 3 rings (SSSR count). The first-order valence-corrected chi connectivity index (χ1v) is 15.0. The van der Waals surface area contributed by atoms with Gasteiger partial charge in [0.1, 0.15) is 18.3 Å². The maximum atomic E-state index is 13.9. The molecule has 1 N–H and O–H groups in total. The second-order valence-electron chi connectivity index (χ2n) is 8.58. The van der Waals surface area contributed by atoms with Crippen LogP contribution in [0.4, 0.5) is 5.69 Å². The molecule has 39 heavy (non-hydrogen) atoms. The van der Waals surface area contributed by atoms with E-state index in [1.54, 1.807) is 45.0 Å². The molecule has 11 heteroatoms. The average molecular weight is 637 g/mol. The molecule has 0 heterocycles. The lowest BCUT2D eigenvalue weighted by Crippen LogP contribution is -2.51. The van der Waals surface area contributed by atoms with Gasteiger partial charge in [-0.15, -0.1) is 0 Å². The Labute approximate surface area is 243 Å². The van der Waals surface area contributed by atoms with E-state index in [1.807, 2.05) is 24.3 Å². The first-order valence-electron chi connectivity index (χ1n) is 12.4. The molecule has 3 aromatic rings. The molecule has 1 atom stereocenters. The minimum atomic E-state index is -4.23.